The van der Waals surface area contributed by atoms with Crippen molar-refractivity contribution in [2.24, 2.45) is 0 Å². The highest BCUT2D eigenvalue weighted by molar-refractivity contribution is 5.94. The molecule has 1 aliphatic rings. The summed E-state index contributed by atoms with van der Waals surface area (Å²) in [5.74, 6) is 6.11. The fraction of sp³-hybridized carbons (Fsp3) is 0.375. The summed E-state index contributed by atoms with van der Waals surface area (Å²) in [6, 6.07) is 15.2. The molecule has 2 aromatic carbocycles. The summed E-state index contributed by atoms with van der Waals surface area (Å²) in [4.78, 5) is 14.5. The Bertz CT molecular complexity index is 858. The average molecular weight is 392 g/mol. The Hall–Kier alpha value is -2.65. The Kier molecular flexibility index (Phi) is 7.42. The van der Waals surface area contributed by atoms with Gasteiger partial charge in [-0.25, -0.2) is 0 Å². The standard InChI is InChI=1S/C24H28N2O3/c1-18(19(2)27)25-24(28)23-11-9-21(10-12-23)4-3-20-5-7-22(8-6-20)17-26-13-15-29-16-14-26/h5-12,18-19,27H,13-17H2,1-2H3,(H,25,28). The Balaban J connectivity index is 1.57. The number of aliphatic hydroxyl groups is 1. The highest BCUT2D eigenvalue weighted by Gasteiger charge is 2.13. The zero-order valence-electron chi connectivity index (χ0n) is 17.0. The van der Waals surface area contributed by atoms with E-state index in [0.717, 1.165) is 44.0 Å². The lowest BCUT2D eigenvalue weighted by Crippen LogP contribution is -2.39. The third kappa shape index (κ3) is 6.43. The van der Waals surface area contributed by atoms with Crippen molar-refractivity contribution in [3.05, 3.63) is 70.8 Å². The van der Waals surface area contributed by atoms with Gasteiger partial charge in [0.1, 0.15) is 0 Å². The monoisotopic (exact) mass is 392 g/mol. The van der Waals surface area contributed by atoms with Crippen LogP contribution in [0.15, 0.2) is 48.5 Å². The molecule has 152 valence electrons. The van der Waals surface area contributed by atoms with Gasteiger partial charge in [0.2, 0.25) is 0 Å². The van der Waals surface area contributed by atoms with Crippen LogP contribution in [0.25, 0.3) is 0 Å². The lowest BCUT2D eigenvalue weighted by Gasteiger charge is -2.26. The van der Waals surface area contributed by atoms with Gasteiger partial charge in [0.05, 0.1) is 25.4 Å². The van der Waals surface area contributed by atoms with Gasteiger partial charge in [-0.05, 0) is 55.8 Å². The van der Waals surface area contributed by atoms with Crippen molar-refractivity contribution in [2.75, 3.05) is 26.3 Å². The molecular weight excluding hydrogens is 364 g/mol. The van der Waals surface area contributed by atoms with Crippen LogP contribution in [0, 0.1) is 11.8 Å². The molecule has 1 saturated heterocycles. The first-order chi connectivity index (χ1) is 14.0. The number of morpholine rings is 1. The third-order valence-corrected chi connectivity index (χ3v) is 5.04. The molecule has 5 nitrogen and oxygen atoms in total. The summed E-state index contributed by atoms with van der Waals surface area (Å²) in [6.07, 6.45) is -0.593. The molecule has 0 aromatic heterocycles. The van der Waals surface area contributed by atoms with Crippen molar-refractivity contribution in [3.63, 3.8) is 0 Å². The number of amides is 1. The van der Waals surface area contributed by atoms with E-state index in [9.17, 15) is 9.90 Å². The molecular formula is C24H28N2O3. The van der Waals surface area contributed by atoms with Crippen molar-refractivity contribution in [1.29, 1.82) is 0 Å². The second-order valence-electron chi connectivity index (χ2n) is 7.42. The molecule has 3 rings (SSSR count). The molecule has 0 radical (unpaired) electrons. The van der Waals surface area contributed by atoms with E-state index in [1.165, 1.54) is 5.56 Å². The van der Waals surface area contributed by atoms with Gasteiger partial charge >= 0.3 is 0 Å². The molecule has 2 unspecified atom stereocenters. The van der Waals surface area contributed by atoms with Crippen LogP contribution in [0.4, 0.5) is 0 Å². The van der Waals surface area contributed by atoms with E-state index in [-0.39, 0.29) is 11.9 Å². The van der Waals surface area contributed by atoms with Crippen molar-refractivity contribution >= 4 is 5.91 Å². The molecule has 2 atom stereocenters. The maximum absolute atomic E-state index is 12.2. The van der Waals surface area contributed by atoms with Crippen LogP contribution >= 0.6 is 0 Å². The maximum atomic E-state index is 12.2. The molecule has 2 N–H and O–H groups in total. The van der Waals surface area contributed by atoms with Crippen molar-refractivity contribution in [2.45, 2.75) is 32.5 Å². The summed E-state index contributed by atoms with van der Waals surface area (Å²) in [5, 5.41) is 12.3. The van der Waals surface area contributed by atoms with Crippen molar-refractivity contribution in [3.8, 4) is 11.8 Å². The molecule has 1 aliphatic heterocycles. The molecule has 0 saturated carbocycles. The molecule has 2 aromatic rings. The molecule has 0 spiro atoms. The number of carbonyl (C=O) groups excluding carboxylic acids is 1. The number of rotatable bonds is 5. The largest absolute Gasteiger partial charge is 0.391 e. The first kappa shape index (κ1) is 21.1. The number of aliphatic hydroxyl groups excluding tert-OH is 1. The number of nitrogens with zero attached hydrogens (tertiary/aromatic N) is 1. The van der Waals surface area contributed by atoms with E-state index in [1.54, 1.807) is 26.0 Å². The number of hydrogen-bond acceptors (Lipinski definition) is 4. The predicted octanol–water partition coefficient (Wildman–Crippen LogP) is 2.42. The topological polar surface area (TPSA) is 61.8 Å². The minimum atomic E-state index is -0.593. The lowest BCUT2D eigenvalue weighted by atomic mass is 10.1. The summed E-state index contributed by atoms with van der Waals surface area (Å²) < 4.78 is 5.38. The minimum Gasteiger partial charge on any atom is -0.391 e. The lowest BCUT2D eigenvalue weighted by molar-refractivity contribution is 0.0342. The Morgan fingerprint density at radius 1 is 1.03 bits per heavy atom. The van der Waals surface area contributed by atoms with Crippen molar-refractivity contribution < 1.29 is 14.6 Å². The number of nitrogens with one attached hydrogen (secondary N) is 1. The van der Waals surface area contributed by atoms with Crippen LogP contribution in [-0.2, 0) is 11.3 Å². The van der Waals surface area contributed by atoms with Crippen molar-refractivity contribution in [1.82, 2.24) is 10.2 Å². The fourth-order valence-corrected chi connectivity index (χ4v) is 2.97. The van der Waals surface area contributed by atoms with Crippen LogP contribution in [0.2, 0.25) is 0 Å². The van der Waals surface area contributed by atoms with Gasteiger partial charge in [-0.2, -0.15) is 0 Å². The van der Waals surface area contributed by atoms with Gasteiger partial charge in [-0.1, -0.05) is 24.0 Å². The second kappa shape index (κ2) is 10.2. The van der Waals surface area contributed by atoms with Crippen LogP contribution in [0.1, 0.15) is 40.9 Å². The predicted molar refractivity (Wildman–Crippen MR) is 114 cm³/mol. The number of carbonyl (C=O) groups is 1. The summed E-state index contributed by atoms with van der Waals surface area (Å²) in [7, 11) is 0. The molecule has 1 amide bonds. The maximum Gasteiger partial charge on any atom is 0.251 e. The SMILES string of the molecule is CC(O)C(C)NC(=O)c1ccc(C#Cc2ccc(CN3CCOCC3)cc2)cc1. The van der Waals surface area contributed by atoms with Crippen LogP contribution in [0.3, 0.4) is 0 Å². The summed E-state index contributed by atoms with van der Waals surface area (Å²) in [6.45, 7) is 7.94. The van der Waals surface area contributed by atoms with Gasteiger partial charge in [0.25, 0.3) is 5.91 Å². The summed E-state index contributed by atoms with van der Waals surface area (Å²) >= 11 is 0. The average Bonchev–Trinajstić information content (AvgIpc) is 2.74. The van der Waals surface area contributed by atoms with E-state index in [0.29, 0.717) is 5.56 Å². The molecule has 0 bridgehead atoms. The third-order valence-electron chi connectivity index (χ3n) is 5.04. The Labute approximate surface area is 172 Å². The van der Waals surface area contributed by atoms with Gasteiger partial charge in [0, 0.05) is 36.3 Å². The van der Waals surface area contributed by atoms with Crippen LogP contribution in [0.5, 0.6) is 0 Å². The first-order valence-corrected chi connectivity index (χ1v) is 10.0. The minimum absolute atomic E-state index is 0.200. The van der Waals surface area contributed by atoms with Gasteiger partial charge in [0.15, 0.2) is 0 Å². The number of benzene rings is 2. The zero-order chi connectivity index (χ0) is 20.6. The van der Waals surface area contributed by atoms with Gasteiger partial charge in [-0.15, -0.1) is 0 Å². The van der Waals surface area contributed by atoms with E-state index in [1.807, 2.05) is 24.3 Å². The first-order valence-electron chi connectivity index (χ1n) is 10.0. The normalized spacial score (nSPS) is 16.4. The van der Waals surface area contributed by atoms with Gasteiger partial charge in [-0.3, -0.25) is 9.69 Å². The highest BCUT2D eigenvalue weighted by Crippen LogP contribution is 2.09. The Morgan fingerprint density at radius 3 is 2.14 bits per heavy atom. The zero-order valence-corrected chi connectivity index (χ0v) is 17.0. The van der Waals surface area contributed by atoms with Crippen LogP contribution < -0.4 is 5.32 Å². The fourth-order valence-electron chi connectivity index (χ4n) is 2.97. The molecule has 0 aliphatic carbocycles. The molecule has 1 heterocycles. The molecule has 1 fully saturated rings. The summed E-state index contributed by atoms with van der Waals surface area (Å²) in [5.41, 5.74) is 3.64. The Morgan fingerprint density at radius 2 is 1.59 bits per heavy atom. The number of ether oxygens (including phenoxy) is 1. The highest BCUT2D eigenvalue weighted by atomic mass is 16.5. The number of hydrogen-bond donors (Lipinski definition) is 2. The molecule has 5 heteroatoms. The van der Waals surface area contributed by atoms with E-state index >= 15 is 0 Å². The van der Waals surface area contributed by atoms with E-state index in [2.05, 4.69) is 34.2 Å². The second-order valence-corrected chi connectivity index (χ2v) is 7.42. The molecule has 29 heavy (non-hydrogen) atoms. The quantitative estimate of drug-likeness (QED) is 0.768. The smallest absolute Gasteiger partial charge is 0.251 e. The van der Waals surface area contributed by atoms with E-state index in [4.69, 9.17) is 4.74 Å². The van der Waals surface area contributed by atoms with E-state index < -0.39 is 6.10 Å². The van der Waals surface area contributed by atoms with Crippen LogP contribution in [-0.4, -0.2) is 54.4 Å². The van der Waals surface area contributed by atoms with Gasteiger partial charge < -0.3 is 15.2 Å².